The number of fused-ring (bicyclic) bond motifs is 1. The number of hydrogen-bond acceptors (Lipinski definition) is 9. The van der Waals surface area contributed by atoms with Crippen LogP contribution >= 0.6 is 23.4 Å². The van der Waals surface area contributed by atoms with Gasteiger partial charge in [0.15, 0.2) is 0 Å². The molecule has 11 heteroatoms. The van der Waals surface area contributed by atoms with Gasteiger partial charge in [0.1, 0.15) is 35.9 Å². The highest BCUT2D eigenvalue weighted by atomic mass is 35.5. The number of nitrogens with one attached hydrogen (secondary N) is 2. The second-order valence-corrected chi connectivity index (χ2v) is 9.76. The lowest BCUT2D eigenvalue weighted by molar-refractivity contribution is -0.205. The third kappa shape index (κ3) is 5.02. The predicted octanol–water partition coefficient (Wildman–Crippen LogP) is -1.81. The Morgan fingerprint density at radius 2 is 2.03 bits per heavy atom. The van der Waals surface area contributed by atoms with Crippen molar-refractivity contribution in [1.82, 2.24) is 15.5 Å². The quantitative estimate of drug-likeness (QED) is 0.306. The monoisotopic (exact) mass is 453 g/mol. The van der Waals surface area contributed by atoms with Gasteiger partial charge in [-0.3, -0.25) is 4.79 Å². The molecule has 0 aromatic rings. The molecule has 5 N–H and O–H groups in total. The maximum absolute atomic E-state index is 13.1. The van der Waals surface area contributed by atoms with Gasteiger partial charge in [-0.1, -0.05) is 0 Å². The molecule has 3 saturated heterocycles. The van der Waals surface area contributed by atoms with Crippen LogP contribution in [0.2, 0.25) is 0 Å². The zero-order chi connectivity index (χ0) is 21.3. The summed E-state index contributed by atoms with van der Waals surface area (Å²) in [7, 11) is 2.04. The van der Waals surface area contributed by atoms with Gasteiger partial charge in [0, 0.05) is 25.6 Å². The first kappa shape index (κ1) is 23.5. The number of aliphatic hydroxyl groups excluding tert-OH is 3. The molecule has 0 aliphatic carbocycles. The Hall–Kier alpha value is -0.170. The number of alkyl halides is 1. The topological polar surface area (TPSA) is 124 Å². The van der Waals surface area contributed by atoms with E-state index in [0.717, 1.165) is 13.1 Å². The zero-order valence-corrected chi connectivity index (χ0v) is 18.5. The second-order valence-electron chi connectivity index (χ2n) is 8.13. The number of halogens is 1. The number of carbonyl (C=O) groups excluding carboxylic acids is 1. The van der Waals surface area contributed by atoms with Crippen LogP contribution in [0.5, 0.6) is 0 Å². The highest BCUT2D eigenvalue weighted by Crippen LogP contribution is 2.30. The SMILES string of the molecule is CSC1OC(C(NC(=O)C2NCC3CN(C)CCOC32)C(C)Cl)C(O)C(O)C1O. The van der Waals surface area contributed by atoms with Gasteiger partial charge in [0.2, 0.25) is 5.91 Å². The van der Waals surface area contributed by atoms with Gasteiger partial charge in [0.05, 0.1) is 24.1 Å². The molecule has 0 bridgehead atoms. The molecule has 10 unspecified atom stereocenters. The van der Waals surface area contributed by atoms with Gasteiger partial charge in [0.25, 0.3) is 0 Å². The van der Waals surface area contributed by atoms with Crippen LogP contribution in [-0.2, 0) is 14.3 Å². The van der Waals surface area contributed by atoms with Crippen molar-refractivity contribution in [2.75, 3.05) is 39.5 Å². The molecule has 0 aromatic carbocycles. The fraction of sp³-hybridized carbons (Fsp3) is 0.944. The van der Waals surface area contributed by atoms with Crippen molar-refractivity contribution in [1.29, 1.82) is 0 Å². The standard InChI is InChI=1S/C18H32ClN3O6S/c1-8(19)10(16-13(24)12(23)14(25)18(28-16)29-3)21-17(26)11-15-9(6-20-11)7-22(2)4-5-27-15/h8-16,18,20,23-25H,4-7H2,1-3H3,(H,21,26). The van der Waals surface area contributed by atoms with Gasteiger partial charge in [-0.15, -0.1) is 23.4 Å². The molecule has 0 aromatic heterocycles. The number of ether oxygens (including phenoxy) is 2. The molecule has 0 spiro atoms. The molecule has 29 heavy (non-hydrogen) atoms. The Balaban J connectivity index is 1.71. The van der Waals surface area contributed by atoms with Gasteiger partial charge in [-0.2, -0.15) is 0 Å². The fourth-order valence-corrected chi connectivity index (χ4v) is 5.22. The first-order valence-corrected chi connectivity index (χ1v) is 11.7. The molecular weight excluding hydrogens is 422 g/mol. The summed E-state index contributed by atoms with van der Waals surface area (Å²) in [6, 6.07) is -1.29. The van der Waals surface area contributed by atoms with Crippen molar-refractivity contribution >= 4 is 29.3 Å². The molecule has 0 saturated carbocycles. The van der Waals surface area contributed by atoms with Crippen LogP contribution < -0.4 is 10.6 Å². The molecule has 3 aliphatic heterocycles. The molecular formula is C18H32ClN3O6S. The Morgan fingerprint density at radius 3 is 2.69 bits per heavy atom. The third-order valence-corrected chi connectivity index (χ3v) is 7.13. The molecule has 3 aliphatic rings. The van der Waals surface area contributed by atoms with Crippen molar-refractivity contribution < 1.29 is 29.6 Å². The van der Waals surface area contributed by atoms with Crippen molar-refractivity contribution in [3.8, 4) is 0 Å². The first-order valence-electron chi connectivity index (χ1n) is 9.95. The number of aliphatic hydroxyl groups is 3. The Bertz CT molecular complexity index is 574. The number of rotatable bonds is 5. The minimum Gasteiger partial charge on any atom is -0.388 e. The fourth-order valence-electron chi connectivity index (χ4n) is 4.34. The summed E-state index contributed by atoms with van der Waals surface area (Å²) in [5, 5.41) is 36.3. The minimum absolute atomic E-state index is 0.208. The van der Waals surface area contributed by atoms with E-state index >= 15 is 0 Å². The number of hydrogen-bond donors (Lipinski definition) is 5. The van der Waals surface area contributed by atoms with E-state index in [2.05, 4.69) is 15.5 Å². The Labute approximate surface area is 180 Å². The van der Waals surface area contributed by atoms with Crippen molar-refractivity contribution in [3.63, 3.8) is 0 Å². The molecule has 9 nitrogen and oxygen atoms in total. The van der Waals surface area contributed by atoms with E-state index in [-0.39, 0.29) is 17.9 Å². The predicted molar refractivity (Wildman–Crippen MR) is 110 cm³/mol. The highest BCUT2D eigenvalue weighted by Gasteiger charge is 2.49. The summed E-state index contributed by atoms with van der Waals surface area (Å²) < 4.78 is 11.8. The average molecular weight is 454 g/mol. The number of amides is 1. The largest absolute Gasteiger partial charge is 0.388 e. The van der Waals surface area contributed by atoms with Crippen molar-refractivity contribution in [2.45, 2.75) is 60.3 Å². The second kappa shape index (κ2) is 9.97. The lowest BCUT2D eigenvalue weighted by Crippen LogP contribution is -2.65. The number of likely N-dealkylation sites (N-methyl/N-ethyl adjacent to an activating group) is 1. The molecule has 3 heterocycles. The summed E-state index contributed by atoms with van der Waals surface area (Å²) in [4.78, 5) is 15.3. The minimum atomic E-state index is -1.39. The maximum atomic E-state index is 13.1. The third-order valence-electron chi connectivity index (χ3n) is 6.00. The Morgan fingerprint density at radius 1 is 1.31 bits per heavy atom. The van der Waals surface area contributed by atoms with Gasteiger partial charge < -0.3 is 40.3 Å². The van der Waals surface area contributed by atoms with Gasteiger partial charge in [-0.25, -0.2) is 0 Å². The lowest BCUT2D eigenvalue weighted by atomic mass is 9.92. The van der Waals surface area contributed by atoms with E-state index in [1.54, 1.807) is 13.2 Å². The summed E-state index contributed by atoms with van der Waals surface area (Å²) in [5.74, 6) is -0.0730. The van der Waals surface area contributed by atoms with Crippen LogP contribution in [0.3, 0.4) is 0 Å². The molecule has 168 valence electrons. The van der Waals surface area contributed by atoms with E-state index < -0.39 is 47.3 Å². The van der Waals surface area contributed by atoms with Crippen molar-refractivity contribution in [3.05, 3.63) is 0 Å². The van der Waals surface area contributed by atoms with Gasteiger partial charge >= 0.3 is 0 Å². The molecule has 1 amide bonds. The summed E-state index contributed by atoms with van der Waals surface area (Å²) in [6.07, 6.45) is -3.47. The summed E-state index contributed by atoms with van der Waals surface area (Å²) in [5.41, 5.74) is -0.733. The van der Waals surface area contributed by atoms with Crippen LogP contribution in [0.4, 0.5) is 0 Å². The highest BCUT2D eigenvalue weighted by molar-refractivity contribution is 7.99. The Kier molecular flexibility index (Phi) is 8.08. The lowest BCUT2D eigenvalue weighted by Gasteiger charge is -2.44. The molecule has 3 rings (SSSR count). The molecule has 10 atom stereocenters. The van der Waals surface area contributed by atoms with Gasteiger partial charge in [-0.05, 0) is 20.2 Å². The zero-order valence-electron chi connectivity index (χ0n) is 16.9. The van der Waals surface area contributed by atoms with Crippen LogP contribution in [0.1, 0.15) is 6.92 Å². The normalized spacial score (nSPS) is 43.3. The number of thioether (sulfide) groups is 1. The van der Waals surface area contributed by atoms with Crippen molar-refractivity contribution in [2.24, 2.45) is 5.92 Å². The van der Waals surface area contributed by atoms with Crippen LogP contribution in [0.25, 0.3) is 0 Å². The summed E-state index contributed by atoms with van der Waals surface area (Å²) >= 11 is 7.55. The van der Waals surface area contributed by atoms with E-state index in [9.17, 15) is 20.1 Å². The van der Waals surface area contributed by atoms with Crippen LogP contribution in [0, 0.1) is 5.92 Å². The number of carbonyl (C=O) groups is 1. The van der Waals surface area contributed by atoms with Crippen LogP contribution in [-0.4, -0.2) is 119 Å². The summed E-state index contributed by atoms with van der Waals surface area (Å²) in [6.45, 7) is 4.59. The number of nitrogens with zero attached hydrogens (tertiary/aromatic N) is 1. The first-order chi connectivity index (χ1) is 13.7. The molecule has 0 radical (unpaired) electrons. The average Bonchev–Trinajstić information content (AvgIpc) is 2.97. The maximum Gasteiger partial charge on any atom is 0.240 e. The van der Waals surface area contributed by atoms with E-state index in [1.165, 1.54) is 11.8 Å². The smallest absolute Gasteiger partial charge is 0.240 e. The van der Waals surface area contributed by atoms with E-state index in [0.29, 0.717) is 13.2 Å². The van der Waals surface area contributed by atoms with E-state index in [4.69, 9.17) is 21.1 Å². The molecule has 3 fully saturated rings. The van der Waals surface area contributed by atoms with Crippen LogP contribution in [0.15, 0.2) is 0 Å². The van der Waals surface area contributed by atoms with E-state index in [1.807, 2.05) is 7.05 Å².